The van der Waals surface area contributed by atoms with Gasteiger partial charge in [0, 0.05) is 13.3 Å². The van der Waals surface area contributed by atoms with Crippen LogP contribution in [0.4, 0.5) is 4.79 Å². The predicted molar refractivity (Wildman–Crippen MR) is 68.6 cm³/mol. The number of benzene rings is 1. The zero-order chi connectivity index (χ0) is 14.3. The molecule has 0 spiro atoms. The number of carbonyl (C=O) groups excluding carboxylic acids is 3. The number of hydrazine groups is 1. The minimum atomic E-state index is -0.855. The van der Waals surface area contributed by atoms with E-state index in [2.05, 4.69) is 16.2 Å². The third-order valence-corrected chi connectivity index (χ3v) is 2.28. The highest BCUT2D eigenvalue weighted by atomic mass is 16.2. The number of hydrogen-bond acceptors (Lipinski definition) is 3. The summed E-state index contributed by atoms with van der Waals surface area (Å²) in [6.07, 6.45) is 0.273. The Hall–Kier alpha value is -2.57. The lowest BCUT2D eigenvalue weighted by Gasteiger charge is -2.17. The summed E-state index contributed by atoms with van der Waals surface area (Å²) >= 11 is 0. The largest absolute Gasteiger partial charge is 0.352 e. The minimum Gasteiger partial charge on any atom is -0.352 e. The molecular weight excluding hydrogens is 248 g/mol. The molecule has 1 unspecified atom stereocenters. The molecule has 1 rings (SSSR count). The molecule has 0 radical (unpaired) electrons. The maximum absolute atomic E-state index is 11.8. The molecule has 1 aromatic carbocycles. The van der Waals surface area contributed by atoms with Crippen LogP contribution in [0.3, 0.4) is 0 Å². The average Bonchev–Trinajstić information content (AvgIpc) is 2.36. The first-order chi connectivity index (χ1) is 8.99. The fourth-order valence-corrected chi connectivity index (χ4v) is 1.47. The number of urea groups is 1. The number of rotatable bonds is 4. The van der Waals surface area contributed by atoms with Gasteiger partial charge in [-0.3, -0.25) is 20.4 Å². The molecule has 1 atom stereocenters. The van der Waals surface area contributed by atoms with E-state index in [-0.39, 0.29) is 6.42 Å². The van der Waals surface area contributed by atoms with Gasteiger partial charge >= 0.3 is 6.03 Å². The summed E-state index contributed by atoms with van der Waals surface area (Å²) in [6.45, 7) is 1.26. The molecule has 7 nitrogen and oxygen atoms in total. The van der Waals surface area contributed by atoms with Gasteiger partial charge in [0.05, 0.1) is 0 Å². The molecule has 0 aromatic heterocycles. The van der Waals surface area contributed by atoms with Gasteiger partial charge in [-0.15, -0.1) is 0 Å². The lowest BCUT2D eigenvalue weighted by molar-refractivity contribution is -0.128. The van der Waals surface area contributed by atoms with Crippen LogP contribution in [-0.2, 0) is 16.0 Å². The predicted octanol–water partition coefficient (Wildman–Crippen LogP) is -0.567. The second kappa shape index (κ2) is 7.00. The van der Waals surface area contributed by atoms with Crippen LogP contribution in [0.25, 0.3) is 0 Å². The molecule has 0 heterocycles. The molecule has 0 aliphatic carbocycles. The van der Waals surface area contributed by atoms with Gasteiger partial charge in [0.25, 0.3) is 5.91 Å². The van der Waals surface area contributed by atoms with Crippen molar-refractivity contribution in [2.45, 2.75) is 19.4 Å². The highest BCUT2D eigenvalue weighted by molar-refractivity contribution is 5.88. The number of amides is 4. The van der Waals surface area contributed by atoms with Crippen LogP contribution in [0.1, 0.15) is 12.5 Å². The highest BCUT2D eigenvalue weighted by Crippen LogP contribution is 2.03. The van der Waals surface area contributed by atoms with Crippen molar-refractivity contribution in [3.05, 3.63) is 35.9 Å². The number of carbonyl (C=O) groups is 3. The van der Waals surface area contributed by atoms with Crippen molar-refractivity contribution in [3.63, 3.8) is 0 Å². The van der Waals surface area contributed by atoms with E-state index in [1.54, 1.807) is 0 Å². The zero-order valence-electron chi connectivity index (χ0n) is 10.5. The SMILES string of the molecule is CC(=O)NNC(=O)C(Cc1ccccc1)NC(N)=O. The Labute approximate surface area is 110 Å². The fourth-order valence-electron chi connectivity index (χ4n) is 1.47. The second-order valence-corrected chi connectivity index (χ2v) is 3.92. The van der Waals surface area contributed by atoms with Gasteiger partial charge in [-0.25, -0.2) is 4.79 Å². The van der Waals surface area contributed by atoms with Crippen molar-refractivity contribution in [3.8, 4) is 0 Å². The van der Waals surface area contributed by atoms with Crippen LogP contribution in [0, 0.1) is 0 Å². The van der Waals surface area contributed by atoms with Gasteiger partial charge in [-0.1, -0.05) is 30.3 Å². The van der Waals surface area contributed by atoms with Crippen LogP contribution >= 0.6 is 0 Å². The molecule has 0 saturated heterocycles. The molecule has 102 valence electrons. The number of hydrogen-bond donors (Lipinski definition) is 4. The molecule has 0 saturated carbocycles. The lowest BCUT2D eigenvalue weighted by atomic mass is 10.1. The Morgan fingerprint density at radius 2 is 1.79 bits per heavy atom. The second-order valence-electron chi connectivity index (χ2n) is 3.92. The molecule has 4 amide bonds. The third-order valence-electron chi connectivity index (χ3n) is 2.28. The normalized spacial score (nSPS) is 11.2. The van der Waals surface area contributed by atoms with E-state index < -0.39 is 23.9 Å². The summed E-state index contributed by atoms with van der Waals surface area (Å²) in [5.41, 5.74) is 10.2. The summed E-state index contributed by atoms with van der Waals surface area (Å²) in [5.74, 6) is -0.955. The van der Waals surface area contributed by atoms with E-state index in [9.17, 15) is 14.4 Å². The monoisotopic (exact) mass is 264 g/mol. The van der Waals surface area contributed by atoms with Gasteiger partial charge in [-0.05, 0) is 5.56 Å². The van der Waals surface area contributed by atoms with E-state index >= 15 is 0 Å². The van der Waals surface area contributed by atoms with E-state index in [0.29, 0.717) is 0 Å². The molecule has 19 heavy (non-hydrogen) atoms. The molecule has 1 aromatic rings. The Morgan fingerprint density at radius 3 is 2.32 bits per heavy atom. The van der Waals surface area contributed by atoms with E-state index in [1.807, 2.05) is 30.3 Å². The van der Waals surface area contributed by atoms with Gasteiger partial charge < -0.3 is 11.1 Å². The Balaban J connectivity index is 2.68. The van der Waals surface area contributed by atoms with Crippen molar-refractivity contribution >= 4 is 17.8 Å². The van der Waals surface area contributed by atoms with E-state index in [4.69, 9.17) is 5.73 Å². The first kappa shape index (κ1) is 14.5. The Kier molecular flexibility index (Phi) is 5.34. The first-order valence-corrected chi connectivity index (χ1v) is 5.65. The van der Waals surface area contributed by atoms with Crippen molar-refractivity contribution in [2.24, 2.45) is 5.73 Å². The van der Waals surface area contributed by atoms with Gasteiger partial charge in [0.2, 0.25) is 5.91 Å². The molecular formula is C12H16N4O3. The van der Waals surface area contributed by atoms with E-state index in [0.717, 1.165) is 5.56 Å². The minimum absolute atomic E-state index is 0.273. The zero-order valence-corrected chi connectivity index (χ0v) is 10.5. The number of primary amides is 1. The molecule has 0 aliphatic rings. The number of nitrogens with two attached hydrogens (primary N) is 1. The maximum Gasteiger partial charge on any atom is 0.312 e. The van der Waals surface area contributed by atoms with Crippen molar-refractivity contribution in [1.29, 1.82) is 0 Å². The smallest absolute Gasteiger partial charge is 0.312 e. The Bertz CT molecular complexity index is 461. The van der Waals surface area contributed by atoms with Gasteiger partial charge in [-0.2, -0.15) is 0 Å². The van der Waals surface area contributed by atoms with E-state index in [1.165, 1.54) is 6.92 Å². The van der Waals surface area contributed by atoms with Gasteiger partial charge in [0.15, 0.2) is 0 Å². The highest BCUT2D eigenvalue weighted by Gasteiger charge is 2.20. The summed E-state index contributed by atoms with van der Waals surface area (Å²) in [6, 6.07) is 7.47. The summed E-state index contributed by atoms with van der Waals surface area (Å²) in [4.78, 5) is 33.4. The molecule has 0 bridgehead atoms. The quantitative estimate of drug-likeness (QED) is 0.546. The fraction of sp³-hybridized carbons (Fsp3) is 0.250. The molecule has 5 N–H and O–H groups in total. The summed E-state index contributed by atoms with van der Waals surface area (Å²) < 4.78 is 0. The first-order valence-electron chi connectivity index (χ1n) is 5.65. The topological polar surface area (TPSA) is 113 Å². The lowest BCUT2D eigenvalue weighted by Crippen LogP contribution is -2.53. The summed E-state index contributed by atoms with van der Waals surface area (Å²) in [5, 5.41) is 2.33. The van der Waals surface area contributed by atoms with Crippen LogP contribution in [0.2, 0.25) is 0 Å². The third kappa shape index (κ3) is 5.53. The molecule has 7 heteroatoms. The standard InChI is InChI=1S/C12H16N4O3/c1-8(17)15-16-11(18)10(14-12(13)19)7-9-5-3-2-4-6-9/h2-6,10H,7H2,1H3,(H,15,17)(H,16,18)(H3,13,14,19). The van der Waals surface area contributed by atoms with Crippen LogP contribution in [0.5, 0.6) is 0 Å². The van der Waals surface area contributed by atoms with Crippen molar-refractivity contribution < 1.29 is 14.4 Å². The van der Waals surface area contributed by atoms with Crippen LogP contribution in [0.15, 0.2) is 30.3 Å². The Morgan fingerprint density at radius 1 is 1.16 bits per heavy atom. The van der Waals surface area contributed by atoms with Crippen LogP contribution < -0.4 is 21.9 Å². The van der Waals surface area contributed by atoms with Gasteiger partial charge in [0.1, 0.15) is 6.04 Å². The van der Waals surface area contributed by atoms with Crippen molar-refractivity contribution in [2.75, 3.05) is 0 Å². The summed E-state index contributed by atoms with van der Waals surface area (Å²) in [7, 11) is 0. The molecule has 0 fully saturated rings. The van der Waals surface area contributed by atoms with Crippen molar-refractivity contribution in [1.82, 2.24) is 16.2 Å². The average molecular weight is 264 g/mol. The molecule has 0 aliphatic heterocycles. The number of nitrogens with one attached hydrogen (secondary N) is 3. The maximum atomic E-state index is 11.8. The van der Waals surface area contributed by atoms with Crippen LogP contribution in [-0.4, -0.2) is 23.9 Å².